The number of nitrogens with zero attached hydrogens (tertiary/aromatic N) is 2. The summed E-state index contributed by atoms with van der Waals surface area (Å²) in [5.74, 6) is 0.481. The SMILES string of the molecule is COc1ccccc1CNC(=O)[C@H]1CC(=O)N(c2ccc(OCC(=O)N3CCOCC3)cc2)C1. The normalized spacial score (nSPS) is 18.0. The van der Waals surface area contributed by atoms with Gasteiger partial charge in [0, 0.05) is 43.9 Å². The van der Waals surface area contributed by atoms with Crippen molar-refractivity contribution in [3.8, 4) is 11.5 Å². The molecule has 180 valence electrons. The lowest BCUT2D eigenvalue weighted by atomic mass is 10.1. The van der Waals surface area contributed by atoms with Crippen LogP contribution < -0.4 is 19.7 Å². The molecule has 2 saturated heterocycles. The van der Waals surface area contributed by atoms with E-state index in [4.69, 9.17) is 14.2 Å². The minimum absolute atomic E-state index is 0.0452. The molecule has 2 aliphatic heterocycles. The number of hydrogen-bond donors (Lipinski definition) is 1. The molecule has 9 nitrogen and oxygen atoms in total. The first-order valence-corrected chi connectivity index (χ1v) is 11.3. The van der Waals surface area contributed by atoms with Crippen LogP contribution >= 0.6 is 0 Å². The van der Waals surface area contributed by atoms with Gasteiger partial charge in [-0.25, -0.2) is 0 Å². The van der Waals surface area contributed by atoms with Crippen molar-refractivity contribution in [1.29, 1.82) is 0 Å². The van der Waals surface area contributed by atoms with E-state index in [1.165, 1.54) is 0 Å². The summed E-state index contributed by atoms with van der Waals surface area (Å²) in [5, 5.41) is 2.91. The number of hydrogen-bond acceptors (Lipinski definition) is 6. The Morgan fingerprint density at radius 3 is 2.56 bits per heavy atom. The third-order valence-corrected chi connectivity index (χ3v) is 6.02. The van der Waals surface area contributed by atoms with E-state index in [0.29, 0.717) is 56.6 Å². The van der Waals surface area contributed by atoms with Crippen LogP contribution in [0.5, 0.6) is 11.5 Å². The van der Waals surface area contributed by atoms with Crippen molar-refractivity contribution >= 4 is 23.4 Å². The van der Waals surface area contributed by atoms with E-state index in [-0.39, 0.29) is 30.7 Å². The van der Waals surface area contributed by atoms with E-state index in [9.17, 15) is 14.4 Å². The van der Waals surface area contributed by atoms with Gasteiger partial charge in [0.2, 0.25) is 11.8 Å². The second kappa shape index (κ2) is 11.0. The Balaban J connectivity index is 1.28. The number of rotatable bonds is 8. The van der Waals surface area contributed by atoms with Crippen molar-refractivity contribution in [3.63, 3.8) is 0 Å². The molecule has 0 spiro atoms. The lowest BCUT2D eigenvalue weighted by Gasteiger charge is -2.26. The fourth-order valence-corrected chi connectivity index (χ4v) is 4.08. The van der Waals surface area contributed by atoms with Gasteiger partial charge in [0.15, 0.2) is 6.61 Å². The smallest absolute Gasteiger partial charge is 0.260 e. The molecule has 3 amide bonds. The second-order valence-electron chi connectivity index (χ2n) is 8.21. The van der Waals surface area contributed by atoms with Gasteiger partial charge in [-0.15, -0.1) is 0 Å². The van der Waals surface area contributed by atoms with Crippen molar-refractivity contribution in [2.24, 2.45) is 5.92 Å². The van der Waals surface area contributed by atoms with Crippen LogP contribution in [0.25, 0.3) is 0 Å². The van der Waals surface area contributed by atoms with Crippen LogP contribution in [-0.4, -0.2) is 69.2 Å². The Labute approximate surface area is 198 Å². The summed E-state index contributed by atoms with van der Waals surface area (Å²) in [6, 6.07) is 14.5. The third-order valence-electron chi connectivity index (χ3n) is 6.02. The Hall–Kier alpha value is -3.59. The van der Waals surface area contributed by atoms with Gasteiger partial charge >= 0.3 is 0 Å². The predicted octanol–water partition coefficient (Wildman–Crippen LogP) is 1.60. The molecule has 0 aromatic heterocycles. The molecule has 2 aromatic rings. The lowest BCUT2D eigenvalue weighted by Crippen LogP contribution is -2.42. The van der Waals surface area contributed by atoms with Crippen LogP contribution in [0.3, 0.4) is 0 Å². The average Bonchev–Trinajstić information content (AvgIpc) is 3.28. The molecule has 0 radical (unpaired) electrons. The van der Waals surface area contributed by atoms with Crippen LogP contribution in [-0.2, 0) is 25.7 Å². The number of carbonyl (C=O) groups is 3. The maximum atomic E-state index is 12.7. The van der Waals surface area contributed by atoms with Gasteiger partial charge < -0.3 is 29.3 Å². The van der Waals surface area contributed by atoms with Crippen molar-refractivity contribution < 1.29 is 28.6 Å². The fraction of sp³-hybridized carbons (Fsp3) is 0.400. The molecule has 0 unspecified atom stereocenters. The Morgan fingerprint density at radius 2 is 1.82 bits per heavy atom. The summed E-state index contributed by atoms with van der Waals surface area (Å²) >= 11 is 0. The Kier molecular flexibility index (Phi) is 7.64. The van der Waals surface area contributed by atoms with Gasteiger partial charge in [-0.05, 0) is 30.3 Å². The number of nitrogens with one attached hydrogen (secondary N) is 1. The summed E-state index contributed by atoms with van der Waals surface area (Å²) in [4.78, 5) is 40.8. The highest BCUT2D eigenvalue weighted by molar-refractivity contribution is 6.00. The minimum atomic E-state index is -0.427. The van der Waals surface area contributed by atoms with Gasteiger partial charge in [-0.3, -0.25) is 14.4 Å². The van der Waals surface area contributed by atoms with Crippen LogP contribution in [0.2, 0.25) is 0 Å². The molecule has 4 rings (SSSR count). The highest BCUT2D eigenvalue weighted by Crippen LogP contribution is 2.27. The number of methoxy groups -OCH3 is 1. The van der Waals surface area contributed by atoms with Crippen molar-refractivity contribution in [1.82, 2.24) is 10.2 Å². The Bertz CT molecular complexity index is 1020. The molecular formula is C25H29N3O6. The van der Waals surface area contributed by atoms with Gasteiger partial charge in [0.05, 0.1) is 26.2 Å². The summed E-state index contributed by atoms with van der Waals surface area (Å²) in [6.45, 7) is 2.84. The van der Waals surface area contributed by atoms with Crippen molar-refractivity contribution in [3.05, 3.63) is 54.1 Å². The first-order valence-electron chi connectivity index (χ1n) is 11.3. The Morgan fingerprint density at radius 1 is 1.09 bits per heavy atom. The second-order valence-corrected chi connectivity index (χ2v) is 8.21. The number of morpholine rings is 1. The number of amides is 3. The van der Waals surface area contributed by atoms with Crippen LogP contribution in [0.4, 0.5) is 5.69 Å². The molecule has 9 heteroatoms. The molecule has 0 aliphatic carbocycles. The van der Waals surface area contributed by atoms with Crippen molar-refractivity contribution in [2.75, 3.05) is 51.5 Å². The summed E-state index contributed by atoms with van der Waals surface area (Å²) in [7, 11) is 1.59. The lowest BCUT2D eigenvalue weighted by molar-refractivity contribution is -0.137. The monoisotopic (exact) mass is 467 g/mol. The maximum absolute atomic E-state index is 12.7. The predicted molar refractivity (Wildman–Crippen MR) is 125 cm³/mol. The summed E-state index contributed by atoms with van der Waals surface area (Å²) < 4.78 is 16.2. The number of para-hydroxylation sites is 1. The topological polar surface area (TPSA) is 97.4 Å². The van der Waals surface area contributed by atoms with E-state index in [1.807, 2.05) is 24.3 Å². The van der Waals surface area contributed by atoms with E-state index in [2.05, 4.69) is 5.32 Å². The molecule has 0 bridgehead atoms. The molecule has 2 aromatic carbocycles. The van der Waals surface area contributed by atoms with Crippen LogP contribution in [0.1, 0.15) is 12.0 Å². The highest BCUT2D eigenvalue weighted by atomic mass is 16.5. The van der Waals surface area contributed by atoms with E-state index < -0.39 is 5.92 Å². The quantitative estimate of drug-likeness (QED) is 0.634. The zero-order valence-corrected chi connectivity index (χ0v) is 19.2. The first kappa shape index (κ1) is 23.6. The number of anilines is 1. The molecule has 34 heavy (non-hydrogen) atoms. The molecular weight excluding hydrogens is 438 g/mol. The van der Waals surface area contributed by atoms with Gasteiger partial charge in [-0.1, -0.05) is 18.2 Å². The molecule has 1 atom stereocenters. The maximum Gasteiger partial charge on any atom is 0.260 e. The van der Waals surface area contributed by atoms with Gasteiger partial charge in [0.25, 0.3) is 5.91 Å². The van der Waals surface area contributed by atoms with Crippen LogP contribution in [0, 0.1) is 5.92 Å². The highest BCUT2D eigenvalue weighted by Gasteiger charge is 2.35. The average molecular weight is 468 g/mol. The zero-order chi connectivity index (χ0) is 23.9. The van der Waals surface area contributed by atoms with Crippen LogP contribution in [0.15, 0.2) is 48.5 Å². The largest absolute Gasteiger partial charge is 0.496 e. The fourth-order valence-electron chi connectivity index (χ4n) is 4.08. The minimum Gasteiger partial charge on any atom is -0.496 e. The van der Waals surface area contributed by atoms with E-state index >= 15 is 0 Å². The number of ether oxygens (including phenoxy) is 3. The molecule has 2 heterocycles. The summed E-state index contributed by atoms with van der Waals surface area (Å²) in [6.07, 6.45) is 0.157. The standard InChI is InChI=1S/C25H29N3O6/c1-32-22-5-3-2-4-18(22)15-26-25(31)19-14-23(29)28(16-19)20-6-8-21(9-7-20)34-17-24(30)27-10-12-33-13-11-27/h2-9,19H,10-17H2,1H3,(H,26,31)/t19-/m0/s1. The van der Waals surface area contributed by atoms with Crippen molar-refractivity contribution in [2.45, 2.75) is 13.0 Å². The molecule has 0 saturated carbocycles. The third kappa shape index (κ3) is 5.66. The van der Waals surface area contributed by atoms with E-state index in [0.717, 1.165) is 5.56 Å². The van der Waals surface area contributed by atoms with Gasteiger partial charge in [0.1, 0.15) is 11.5 Å². The molecule has 2 fully saturated rings. The van der Waals surface area contributed by atoms with Gasteiger partial charge in [-0.2, -0.15) is 0 Å². The zero-order valence-electron chi connectivity index (χ0n) is 19.2. The number of benzene rings is 2. The number of carbonyl (C=O) groups excluding carboxylic acids is 3. The van der Waals surface area contributed by atoms with E-state index in [1.54, 1.807) is 41.2 Å². The molecule has 2 aliphatic rings. The molecule has 1 N–H and O–H groups in total. The summed E-state index contributed by atoms with van der Waals surface area (Å²) in [5.41, 5.74) is 1.57. The first-order chi connectivity index (χ1) is 16.5.